The van der Waals surface area contributed by atoms with E-state index in [0.29, 0.717) is 25.8 Å². The van der Waals surface area contributed by atoms with Crippen molar-refractivity contribution >= 4 is 21.4 Å². The van der Waals surface area contributed by atoms with Crippen molar-refractivity contribution in [2.75, 3.05) is 18.1 Å². The summed E-state index contributed by atoms with van der Waals surface area (Å²) in [5.41, 5.74) is 1.74. The molecule has 0 N–H and O–H groups in total. The molecule has 0 aliphatic carbocycles. The van der Waals surface area contributed by atoms with E-state index >= 15 is 0 Å². The highest BCUT2D eigenvalue weighted by Crippen LogP contribution is 2.19. The first-order chi connectivity index (χ1) is 11.0. The molecule has 2 aromatic heterocycles. The number of pyridine rings is 1. The first-order valence-corrected chi connectivity index (χ1v) is 9.73. The van der Waals surface area contributed by atoms with E-state index < -0.39 is 9.84 Å². The van der Waals surface area contributed by atoms with Gasteiger partial charge in [-0.05, 0) is 31.9 Å². The zero-order valence-electron chi connectivity index (χ0n) is 13.2. The van der Waals surface area contributed by atoms with Crippen LogP contribution < -0.4 is 0 Å². The number of hydrogen-bond acceptors (Lipinski definition) is 4. The number of hydrogen-bond donors (Lipinski definition) is 0. The molecule has 0 aromatic carbocycles. The number of rotatable bonds is 5. The minimum atomic E-state index is -2.98. The standard InChI is InChI=1S/C16H21N3O3S/c1-2-19(14-8-10-23(21,22)12-14)16(20)7-6-13-11-18-9-4-3-5-15(18)17-13/h3-5,9,11,14H,2,6-8,10,12H2,1H3/t14-/m0/s1. The number of carbonyl (C=O) groups excluding carboxylic acids is 1. The van der Waals surface area contributed by atoms with Gasteiger partial charge in [-0.2, -0.15) is 0 Å². The highest BCUT2D eigenvalue weighted by molar-refractivity contribution is 7.91. The Kier molecular flexibility index (Phi) is 4.39. The first kappa shape index (κ1) is 16.0. The van der Waals surface area contributed by atoms with Crippen molar-refractivity contribution in [1.29, 1.82) is 0 Å². The Balaban J connectivity index is 1.63. The van der Waals surface area contributed by atoms with Crippen molar-refractivity contribution in [3.8, 4) is 0 Å². The van der Waals surface area contributed by atoms with E-state index in [4.69, 9.17) is 0 Å². The lowest BCUT2D eigenvalue weighted by molar-refractivity contribution is -0.132. The minimum Gasteiger partial charge on any atom is -0.339 e. The zero-order chi connectivity index (χ0) is 16.4. The van der Waals surface area contributed by atoms with E-state index in [0.717, 1.165) is 11.3 Å². The molecule has 1 aliphatic heterocycles. The lowest BCUT2D eigenvalue weighted by Crippen LogP contribution is -2.41. The molecule has 1 fully saturated rings. The van der Waals surface area contributed by atoms with Gasteiger partial charge in [0.05, 0.1) is 17.2 Å². The average Bonchev–Trinajstić information content (AvgIpc) is 3.08. The summed E-state index contributed by atoms with van der Waals surface area (Å²) in [5, 5.41) is 0. The highest BCUT2D eigenvalue weighted by atomic mass is 32.2. The fourth-order valence-electron chi connectivity index (χ4n) is 3.15. The second-order valence-corrected chi connectivity index (χ2v) is 8.16. The lowest BCUT2D eigenvalue weighted by atomic mass is 10.1. The molecule has 1 amide bonds. The molecule has 0 radical (unpaired) electrons. The van der Waals surface area contributed by atoms with Gasteiger partial charge in [0, 0.05) is 31.4 Å². The summed E-state index contributed by atoms with van der Waals surface area (Å²) in [6.45, 7) is 2.44. The third kappa shape index (κ3) is 3.55. The molecule has 0 bridgehead atoms. The van der Waals surface area contributed by atoms with E-state index in [-0.39, 0.29) is 23.5 Å². The Hall–Kier alpha value is -1.89. The van der Waals surface area contributed by atoms with E-state index in [1.54, 1.807) is 4.90 Å². The highest BCUT2D eigenvalue weighted by Gasteiger charge is 2.33. The molecular formula is C16H21N3O3S. The van der Waals surface area contributed by atoms with Gasteiger partial charge in [-0.1, -0.05) is 6.07 Å². The predicted molar refractivity (Wildman–Crippen MR) is 88.0 cm³/mol. The fourth-order valence-corrected chi connectivity index (χ4v) is 4.88. The summed E-state index contributed by atoms with van der Waals surface area (Å²) in [5.74, 6) is 0.293. The Morgan fingerprint density at radius 2 is 2.26 bits per heavy atom. The first-order valence-electron chi connectivity index (χ1n) is 7.91. The van der Waals surface area contributed by atoms with E-state index in [9.17, 15) is 13.2 Å². The van der Waals surface area contributed by atoms with E-state index in [1.165, 1.54) is 0 Å². The number of nitrogens with zero attached hydrogens (tertiary/aromatic N) is 3. The summed E-state index contributed by atoms with van der Waals surface area (Å²) in [6, 6.07) is 5.62. The third-order valence-corrected chi connectivity index (χ3v) is 6.07. The van der Waals surface area contributed by atoms with Gasteiger partial charge in [-0.25, -0.2) is 13.4 Å². The van der Waals surface area contributed by atoms with Crippen LogP contribution in [0.4, 0.5) is 0 Å². The summed E-state index contributed by atoms with van der Waals surface area (Å²) >= 11 is 0. The summed E-state index contributed by atoms with van der Waals surface area (Å²) in [4.78, 5) is 18.7. The molecule has 6 nitrogen and oxygen atoms in total. The maximum absolute atomic E-state index is 12.5. The van der Waals surface area contributed by atoms with Crippen LogP contribution in [0.25, 0.3) is 5.65 Å². The van der Waals surface area contributed by atoms with Crippen LogP contribution in [0, 0.1) is 0 Å². The minimum absolute atomic E-state index is 0.00616. The summed E-state index contributed by atoms with van der Waals surface area (Å²) in [6.07, 6.45) is 5.33. The van der Waals surface area contributed by atoms with Gasteiger partial charge in [-0.15, -0.1) is 0 Å². The molecule has 1 atom stereocenters. The van der Waals surface area contributed by atoms with Crippen molar-refractivity contribution in [3.63, 3.8) is 0 Å². The Morgan fingerprint density at radius 3 is 2.91 bits per heavy atom. The maximum Gasteiger partial charge on any atom is 0.223 e. The monoisotopic (exact) mass is 335 g/mol. The Labute approximate surface area is 136 Å². The fraction of sp³-hybridized carbons (Fsp3) is 0.500. The Bertz CT molecular complexity index is 780. The quantitative estimate of drug-likeness (QED) is 0.826. The summed E-state index contributed by atoms with van der Waals surface area (Å²) in [7, 11) is -2.98. The number of imidazole rings is 1. The summed E-state index contributed by atoms with van der Waals surface area (Å²) < 4.78 is 25.2. The molecule has 23 heavy (non-hydrogen) atoms. The smallest absolute Gasteiger partial charge is 0.223 e. The van der Waals surface area contributed by atoms with Crippen molar-refractivity contribution in [1.82, 2.24) is 14.3 Å². The van der Waals surface area contributed by atoms with E-state index in [2.05, 4.69) is 4.98 Å². The van der Waals surface area contributed by atoms with Crippen LogP contribution in [0.5, 0.6) is 0 Å². The van der Waals surface area contributed by atoms with Gasteiger partial charge in [0.1, 0.15) is 5.65 Å². The van der Waals surface area contributed by atoms with Gasteiger partial charge in [0.2, 0.25) is 5.91 Å². The van der Waals surface area contributed by atoms with Crippen LogP contribution in [0.15, 0.2) is 30.6 Å². The molecule has 3 rings (SSSR count). The van der Waals surface area contributed by atoms with Gasteiger partial charge in [0.15, 0.2) is 9.84 Å². The average molecular weight is 335 g/mol. The van der Waals surface area contributed by atoms with Crippen molar-refractivity contribution in [2.45, 2.75) is 32.2 Å². The van der Waals surface area contributed by atoms with Crippen LogP contribution >= 0.6 is 0 Å². The topological polar surface area (TPSA) is 71.8 Å². The lowest BCUT2D eigenvalue weighted by Gasteiger charge is -2.26. The number of aromatic nitrogens is 2. The SMILES string of the molecule is CCN(C(=O)CCc1cn2ccccc2n1)[C@H]1CCS(=O)(=O)C1. The molecule has 0 saturated carbocycles. The second-order valence-electron chi connectivity index (χ2n) is 5.93. The molecule has 2 aromatic rings. The molecular weight excluding hydrogens is 314 g/mol. The van der Waals surface area contributed by atoms with Crippen LogP contribution in [0.2, 0.25) is 0 Å². The van der Waals surface area contributed by atoms with Crippen LogP contribution in [0.3, 0.4) is 0 Å². The van der Waals surface area contributed by atoms with Crippen molar-refractivity contribution in [2.24, 2.45) is 0 Å². The van der Waals surface area contributed by atoms with Crippen LogP contribution in [-0.2, 0) is 21.1 Å². The number of amides is 1. The molecule has 0 unspecified atom stereocenters. The molecule has 1 saturated heterocycles. The number of sulfone groups is 1. The van der Waals surface area contributed by atoms with Gasteiger partial charge < -0.3 is 9.30 Å². The van der Waals surface area contributed by atoms with Gasteiger partial charge in [0.25, 0.3) is 0 Å². The molecule has 3 heterocycles. The molecule has 124 valence electrons. The third-order valence-electron chi connectivity index (χ3n) is 4.32. The number of fused-ring (bicyclic) bond motifs is 1. The molecule has 1 aliphatic rings. The zero-order valence-corrected chi connectivity index (χ0v) is 14.0. The van der Waals surface area contributed by atoms with Crippen molar-refractivity contribution < 1.29 is 13.2 Å². The Morgan fingerprint density at radius 1 is 1.43 bits per heavy atom. The van der Waals surface area contributed by atoms with Crippen LogP contribution in [-0.4, -0.2) is 52.7 Å². The number of aryl methyl sites for hydroxylation is 1. The largest absolute Gasteiger partial charge is 0.339 e. The van der Waals surface area contributed by atoms with E-state index in [1.807, 2.05) is 41.9 Å². The van der Waals surface area contributed by atoms with Crippen LogP contribution in [0.1, 0.15) is 25.5 Å². The van der Waals surface area contributed by atoms with Gasteiger partial charge in [-0.3, -0.25) is 4.79 Å². The predicted octanol–water partition coefficient (Wildman–Crippen LogP) is 1.30. The maximum atomic E-state index is 12.5. The number of carbonyl (C=O) groups is 1. The normalized spacial score (nSPS) is 20.0. The van der Waals surface area contributed by atoms with Crippen molar-refractivity contribution in [3.05, 3.63) is 36.3 Å². The van der Waals surface area contributed by atoms with Gasteiger partial charge >= 0.3 is 0 Å². The molecule has 0 spiro atoms. The second kappa shape index (κ2) is 6.31. The molecule has 7 heteroatoms.